The van der Waals surface area contributed by atoms with Gasteiger partial charge in [-0.05, 0) is 26.3 Å². The quantitative estimate of drug-likeness (QED) is 0.302. The van der Waals surface area contributed by atoms with Gasteiger partial charge < -0.3 is 15.0 Å². The summed E-state index contributed by atoms with van der Waals surface area (Å²) in [6.45, 7) is 5.46. The van der Waals surface area contributed by atoms with Crippen molar-refractivity contribution >= 4 is 40.1 Å². The lowest BCUT2D eigenvalue weighted by atomic mass is 10.1. The van der Waals surface area contributed by atoms with E-state index < -0.39 is 5.97 Å². The van der Waals surface area contributed by atoms with Crippen LogP contribution >= 0.6 is 23.1 Å². The third-order valence-electron chi connectivity index (χ3n) is 4.27. The van der Waals surface area contributed by atoms with Crippen molar-refractivity contribution in [3.63, 3.8) is 0 Å². The Labute approximate surface area is 187 Å². The first-order valence-corrected chi connectivity index (χ1v) is 11.4. The second kappa shape index (κ2) is 10.4. The maximum Gasteiger partial charge on any atom is 0.350 e. The molecule has 2 aromatic heterocycles. The molecule has 0 aliphatic carbocycles. The number of thioether (sulfide) groups is 1. The van der Waals surface area contributed by atoms with E-state index in [4.69, 9.17) is 4.74 Å². The van der Waals surface area contributed by atoms with Crippen molar-refractivity contribution in [1.82, 2.24) is 15.0 Å². The summed E-state index contributed by atoms with van der Waals surface area (Å²) in [6, 6.07) is 9.69. The SMILES string of the molecule is CCOC(=O)c1sc(NC(=O)CSc2nc(C)c(Cc3ccccc3)c(=O)[nH]2)nc1C. The second-order valence-electron chi connectivity index (χ2n) is 6.59. The summed E-state index contributed by atoms with van der Waals surface area (Å²) in [6.07, 6.45) is 0.493. The minimum absolute atomic E-state index is 0.0355. The lowest BCUT2D eigenvalue weighted by Crippen LogP contribution is -2.19. The van der Waals surface area contributed by atoms with E-state index in [0.29, 0.717) is 38.5 Å². The molecule has 1 amide bonds. The zero-order valence-electron chi connectivity index (χ0n) is 17.4. The molecule has 0 bridgehead atoms. The van der Waals surface area contributed by atoms with E-state index in [0.717, 1.165) is 28.7 Å². The highest BCUT2D eigenvalue weighted by molar-refractivity contribution is 7.99. The van der Waals surface area contributed by atoms with Crippen LogP contribution in [0.5, 0.6) is 0 Å². The van der Waals surface area contributed by atoms with E-state index in [9.17, 15) is 14.4 Å². The fourth-order valence-electron chi connectivity index (χ4n) is 2.79. The minimum Gasteiger partial charge on any atom is -0.462 e. The number of hydrogen-bond acceptors (Lipinski definition) is 8. The zero-order chi connectivity index (χ0) is 22.4. The van der Waals surface area contributed by atoms with Crippen LogP contribution in [0.15, 0.2) is 40.3 Å². The van der Waals surface area contributed by atoms with E-state index in [-0.39, 0.29) is 23.8 Å². The normalized spacial score (nSPS) is 10.7. The largest absolute Gasteiger partial charge is 0.462 e. The molecule has 0 atom stereocenters. The molecule has 2 heterocycles. The molecule has 1 aromatic carbocycles. The number of carbonyl (C=O) groups excluding carboxylic acids is 2. The highest BCUT2D eigenvalue weighted by Crippen LogP contribution is 2.24. The molecular formula is C21H22N4O4S2. The lowest BCUT2D eigenvalue weighted by Gasteiger charge is -2.07. The number of carbonyl (C=O) groups is 2. The van der Waals surface area contributed by atoms with Gasteiger partial charge in [0.15, 0.2) is 10.3 Å². The van der Waals surface area contributed by atoms with E-state index in [1.165, 1.54) is 0 Å². The Morgan fingerprint density at radius 2 is 1.90 bits per heavy atom. The molecule has 3 aromatic rings. The Balaban J connectivity index is 1.61. The van der Waals surface area contributed by atoms with Crippen molar-refractivity contribution in [3.8, 4) is 0 Å². The number of aromatic nitrogens is 3. The van der Waals surface area contributed by atoms with Crippen molar-refractivity contribution in [2.45, 2.75) is 32.3 Å². The minimum atomic E-state index is -0.458. The fraction of sp³-hybridized carbons (Fsp3) is 0.286. The average molecular weight is 459 g/mol. The summed E-state index contributed by atoms with van der Waals surface area (Å²) in [5.74, 6) is -0.739. The van der Waals surface area contributed by atoms with Gasteiger partial charge in [0.05, 0.1) is 18.1 Å². The number of ether oxygens (including phenoxy) is 1. The molecule has 0 saturated carbocycles. The number of anilines is 1. The first-order chi connectivity index (χ1) is 14.9. The Hall–Kier alpha value is -2.98. The van der Waals surface area contributed by atoms with Gasteiger partial charge in [0.1, 0.15) is 4.88 Å². The number of nitrogens with one attached hydrogen (secondary N) is 2. The van der Waals surface area contributed by atoms with Crippen LogP contribution in [-0.2, 0) is 16.0 Å². The summed E-state index contributed by atoms with van der Waals surface area (Å²) < 4.78 is 4.97. The number of esters is 1. The molecule has 0 aliphatic rings. The Morgan fingerprint density at radius 1 is 1.16 bits per heavy atom. The van der Waals surface area contributed by atoms with Crippen LogP contribution < -0.4 is 10.9 Å². The Bertz CT molecular complexity index is 1140. The highest BCUT2D eigenvalue weighted by atomic mass is 32.2. The maximum absolute atomic E-state index is 12.5. The van der Waals surface area contributed by atoms with Crippen LogP contribution in [-0.4, -0.2) is 39.2 Å². The van der Waals surface area contributed by atoms with Crippen LogP contribution in [0.1, 0.15) is 39.1 Å². The molecule has 8 nitrogen and oxygen atoms in total. The molecule has 0 aliphatic heterocycles. The molecule has 0 spiro atoms. The van der Waals surface area contributed by atoms with Gasteiger partial charge in [0, 0.05) is 17.7 Å². The molecule has 0 unspecified atom stereocenters. The van der Waals surface area contributed by atoms with Crippen molar-refractivity contribution in [3.05, 3.63) is 68.1 Å². The molecule has 3 rings (SSSR count). The summed E-state index contributed by atoms with van der Waals surface area (Å²) in [5.41, 5.74) is 2.55. The number of rotatable bonds is 8. The molecule has 31 heavy (non-hydrogen) atoms. The molecule has 162 valence electrons. The van der Waals surface area contributed by atoms with Gasteiger partial charge in [0.2, 0.25) is 5.91 Å². The molecule has 2 N–H and O–H groups in total. The van der Waals surface area contributed by atoms with Gasteiger partial charge in [-0.3, -0.25) is 9.59 Å². The van der Waals surface area contributed by atoms with Crippen LogP contribution in [0.25, 0.3) is 0 Å². The first-order valence-electron chi connectivity index (χ1n) is 9.58. The predicted octanol–water partition coefficient (Wildman–Crippen LogP) is 3.34. The van der Waals surface area contributed by atoms with E-state index in [2.05, 4.69) is 20.3 Å². The molecule has 0 radical (unpaired) electrons. The van der Waals surface area contributed by atoms with Crippen molar-refractivity contribution in [1.29, 1.82) is 0 Å². The zero-order valence-corrected chi connectivity index (χ0v) is 19.0. The standard InChI is InChI=1S/C21H22N4O4S2/c1-4-29-19(28)17-13(3)23-21(31-17)24-16(26)11-30-20-22-12(2)15(18(27)25-20)10-14-8-6-5-7-9-14/h5-9H,4,10-11H2,1-3H3,(H,22,25,27)(H,23,24,26). The van der Waals surface area contributed by atoms with E-state index >= 15 is 0 Å². The van der Waals surface area contributed by atoms with Gasteiger partial charge in [-0.2, -0.15) is 0 Å². The smallest absolute Gasteiger partial charge is 0.350 e. The number of benzene rings is 1. The first kappa shape index (κ1) is 22.7. The maximum atomic E-state index is 12.5. The van der Waals surface area contributed by atoms with Crippen molar-refractivity contribution in [2.75, 3.05) is 17.7 Å². The number of nitrogens with zero attached hydrogens (tertiary/aromatic N) is 2. The van der Waals surface area contributed by atoms with Crippen LogP contribution in [0.3, 0.4) is 0 Å². The monoisotopic (exact) mass is 458 g/mol. The second-order valence-corrected chi connectivity index (χ2v) is 8.55. The molecular weight excluding hydrogens is 436 g/mol. The number of H-pyrrole nitrogens is 1. The summed E-state index contributed by atoms with van der Waals surface area (Å²) in [7, 11) is 0. The summed E-state index contributed by atoms with van der Waals surface area (Å²) in [4.78, 5) is 48.4. The van der Waals surface area contributed by atoms with Gasteiger partial charge in [-0.15, -0.1) is 0 Å². The topological polar surface area (TPSA) is 114 Å². The fourth-order valence-corrected chi connectivity index (χ4v) is 4.37. The van der Waals surface area contributed by atoms with Gasteiger partial charge in [-0.1, -0.05) is 53.4 Å². The van der Waals surface area contributed by atoms with Crippen LogP contribution in [0.2, 0.25) is 0 Å². The average Bonchev–Trinajstić information content (AvgIpc) is 3.10. The van der Waals surface area contributed by atoms with E-state index in [1.54, 1.807) is 20.8 Å². The number of amides is 1. The predicted molar refractivity (Wildman–Crippen MR) is 121 cm³/mol. The van der Waals surface area contributed by atoms with Crippen LogP contribution in [0, 0.1) is 13.8 Å². The van der Waals surface area contributed by atoms with Crippen LogP contribution in [0.4, 0.5) is 5.13 Å². The summed E-state index contributed by atoms with van der Waals surface area (Å²) in [5, 5.41) is 3.36. The molecule has 10 heteroatoms. The van der Waals surface area contributed by atoms with Gasteiger partial charge in [-0.25, -0.2) is 14.8 Å². The van der Waals surface area contributed by atoms with Gasteiger partial charge >= 0.3 is 5.97 Å². The van der Waals surface area contributed by atoms with E-state index in [1.807, 2.05) is 30.3 Å². The third kappa shape index (κ3) is 6.02. The van der Waals surface area contributed by atoms with Gasteiger partial charge in [0.25, 0.3) is 5.56 Å². The Kier molecular flexibility index (Phi) is 7.59. The molecule has 0 fully saturated rings. The number of aromatic amines is 1. The third-order valence-corrected chi connectivity index (χ3v) is 6.19. The number of thiazole rings is 1. The molecule has 0 saturated heterocycles. The lowest BCUT2D eigenvalue weighted by molar-refractivity contribution is -0.113. The van der Waals surface area contributed by atoms with Crippen molar-refractivity contribution < 1.29 is 14.3 Å². The summed E-state index contributed by atoms with van der Waals surface area (Å²) >= 11 is 2.19. The number of hydrogen-bond donors (Lipinski definition) is 2. The Morgan fingerprint density at radius 3 is 2.58 bits per heavy atom. The highest BCUT2D eigenvalue weighted by Gasteiger charge is 2.18. The number of aryl methyl sites for hydroxylation is 2. The van der Waals surface area contributed by atoms with Crippen molar-refractivity contribution in [2.24, 2.45) is 0 Å².